The summed E-state index contributed by atoms with van der Waals surface area (Å²) in [4.78, 5) is 14.8. The lowest BCUT2D eigenvalue weighted by Gasteiger charge is -2.37. The number of aromatic nitrogens is 1. The SMILES string of the molecule is O=C(NCc1ccc2c(c1)OCO2)c1ccc(CN2CCn3cccc3C2c2ccc(F)cc2F)o1. The number of carbonyl (C=O) groups excluding carboxylic acids is 1. The van der Waals surface area contributed by atoms with Crippen molar-refractivity contribution in [3.8, 4) is 11.5 Å². The molecule has 0 saturated heterocycles. The number of nitrogens with one attached hydrogen (secondary N) is 1. The molecule has 2 aromatic heterocycles. The van der Waals surface area contributed by atoms with Gasteiger partial charge < -0.3 is 23.8 Å². The van der Waals surface area contributed by atoms with Crippen molar-refractivity contribution < 1.29 is 27.5 Å². The standard InChI is InChI=1S/C27H23F2N3O4/c28-18-4-6-20(21(29)13-18)26-22-2-1-9-31(22)10-11-32(26)15-19-5-8-24(36-19)27(33)30-14-17-3-7-23-25(12-17)35-16-34-23/h1-9,12-13,26H,10-11,14-16H2,(H,30,33). The molecule has 184 valence electrons. The fourth-order valence-corrected chi connectivity index (χ4v) is 4.79. The van der Waals surface area contributed by atoms with Crippen molar-refractivity contribution in [2.24, 2.45) is 0 Å². The molecule has 36 heavy (non-hydrogen) atoms. The highest BCUT2D eigenvalue weighted by Gasteiger charge is 2.31. The van der Waals surface area contributed by atoms with Gasteiger partial charge in [-0.15, -0.1) is 0 Å². The predicted molar refractivity (Wildman–Crippen MR) is 125 cm³/mol. The molecular formula is C27H23F2N3O4. The average Bonchev–Trinajstić information content (AvgIpc) is 3.63. The van der Waals surface area contributed by atoms with Crippen LogP contribution in [-0.4, -0.2) is 28.7 Å². The number of rotatable bonds is 6. The van der Waals surface area contributed by atoms with Crippen molar-refractivity contribution in [3.05, 3.63) is 107 Å². The van der Waals surface area contributed by atoms with Crippen LogP contribution in [-0.2, 0) is 19.6 Å². The topological polar surface area (TPSA) is 68.9 Å². The van der Waals surface area contributed by atoms with Crippen molar-refractivity contribution in [2.45, 2.75) is 25.7 Å². The first-order valence-corrected chi connectivity index (χ1v) is 11.6. The Kier molecular flexibility index (Phi) is 5.69. The lowest BCUT2D eigenvalue weighted by molar-refractivity contribution is 0.0916. The zero-order valence-corrected chi connectivity index (χ0v) is 19.2. The molecule has 9 heteroatoms. The summed E-state index contributed by atoms with van der Waals surface area (Å²) in [7, 11) is 0. The number of furan rings is 1. The summed E-state index contributed by atoms with van der Waals surface area (Å²) in [5.74, 6) is 0.560. The van der Waals surface area contributed by atoms with E-state index in [0.29, 0.717) is 42.5 Å². The summed E-state index contributed by atoms with van der Waals surface area (Å²) >= 11 is 0. The van der Waals surface area contributed by atoms with Gasteiger partial charge in [-0.25, -0.2) is 8.78 Å². The normalized spacial score (nSPS) is 16.7. The molecule has 1 amide bonds. The fourth-order valence-electron chi connectivity index (χ4n) is 4.79. The second-order valence-corrected chi connectivity index (χ2v) is 8.80. The summed E-state index contributed by atoms with van der Waals surface area (Å²) < 4.78 is 47.0. The van der Waals surface area contributed by atoms with Gasteiger partial charge in [-0.2, -0.15) is 0 Å². The van der Waals surface area contributed by atoms with E-state index in [1.54, 1.807) is 12.1 Å². The second-order valence-electron chi connectivity index (χ2n) is 8.80. The van der Waals surface area contributed by atoms with E-state index >= 15 is 0 Å². The Balaban J connectivity index is 1.17. The Labute approximate surface area is 205 Å². The quantitative estimate of drug-likeness (QED) is 0.426. The zero-order valence-electron chi connectivity index (χ0n) is 19.2. The molecule has 1 unspecified atom stereocenters. The summed E-state index contributed by atoms with van der Waals surface area (Å²) in [6, 6.07) is 16.0. The molecule has 7 nitrogen and oxygen atoms in total. The van der Waals surface area contributed by atoms with Gasteiger partial charge in [0.2, 0.25) is 6.79 Å². The van der Waals surface area contributed by atoms with E-state index in [1.807, 2.05) is 36.5 Å². The highest BCUT2D eigenvalue weighted by Crippen LogP contribution is 2.35. The molecule has 2 aliphatic rings. The molecule has 0 saturated carbocycles. The Morgan fingerprint density at radius 2 is 1.89 bits per heavy atom. The van der Waals surface area contributed by atoms with E-state index in [-0.39, 0.29) is 18.5 Å². The third kappa shape index (κ3) is 4.22. The molecule has 1 N–H and O–H groups in total. The van der Waals surface area contributed by atoms with Gasteiger partial charge in [0.1, 0.15) is 17.4 Å². The van der Waals surface area contributed by atoms with Crippen LogP contribution in [0.4, 0.5) is 8.78 Å². The van der Waals surface area contributed by atoms with Gasteiger partial charge in [-0.05, 0) is 48.0 Å². The molecule has 4 aromatic rings. The summed E-state index contributed by atoms with van der Waals surface area (Å²) in [5, 5.41) is 2.85. The van der Waals surface area contributed by atoms with Crippen LogP contribution in [0.2, 0.25) is 0 Å². The van der Waals surface area contributed by atoms with E-state index < -0.39 is 17.7 Å². The molecule has 0 spiro atoms. The molecular weight excluding hydrogens is 468 g/mol. The van der Waals surface area contributed by atoms with Crippen LogP contribution in [0, 0.1) is 11.6 Å². The molecule has 4 heterocycles. The number of nitrogens with zero attached hydrogens (tertiary/aromatic N) is 2. The van der Waals surface area contributed by atoms with E-state index in [4.69, 9.17) is 13.9 Å². The monoisotopic (exact) mass is 491 g/mol. The third-order valence-corrected chi connectivity index (χ3v) is 6.53. The second kappa shape index (κ2) is 9.16. The first-order chi connectivity index (χ1) is 17.5. The van der Waals surface area contributed by atoms with Crippen molar-refractivity contribution in [2.75, 3.05) is 13.3 Å². The maximum absolute atomic E-state index is 14.8. The number of hydrogen-bond acceptors (Lipinski definition) is 5. The van der Waals surface area contributed by atoms with Gasteiger partial charge in [0.05, 0.1) is 12.6 Å². The number of fused-ring (bicyclic) bond motifs is 2. The van der Waals surface area contributed by atoms with E-state index in [9.17, 15) is 13.6 Å². The predicted octanol–water partition coefficient (Wildman–Crippen LogP) is 4.62. The summed E-state index contributed by atoms with van der Waals surface area (Å²) in [6.07, 6.45) is 1.95. The van der Waals surface area contributed by atoms with Crippen LogP contribution >= 0.6 is 0 Å². The highest BCUT2D eigenvalue weighted by molar-refractivity contribution is 5.91. The van der Waals surface area contributed by atoms with Crippen molar-refractivity contribution in [1.82, 2.24) is 14.8 Å². The number of halogens is 2. The maximum Gasteiger partial charge on any atom is 0.287 e. The third-order valence-electron chi connectivity index (χ3n) is 6.53. The van der Waals surface area contributed by atoms with E-state index in [1.165, 1.54) is 12.1 Å². The average molecular weight is 491 g/mol. The number of benzene rings is 2. The Bertz CT molecular complexity index is 1430. The van der Waals surface area contributed by atoms with Crippen molar-refractivity contribution in [1.29, 1.82) is 0 Å². The Hall–Kier alpha value is -4.11. The van der Waals surface area contributed by atoms with E-state index in [0.717, 1.165) is 23.9 Å². The summed E-state index contributed by atoms with van der Waals surface area (Å²) in [6.45, 7) is 2.22. The van der Waals surface area contributed by atoms with Crippen LogP contribution in [0.5, 0.6) is 11.5 Å². The number of hydrogen-bond donors (Lipinski definition) is 1. The molecule has 0 fully saturated rings. The maximum atomic E-state index is 14.8. The Morgan fingerprint density at radius 3 is 2.78 bits per heavy atom. The van der Waals surface area contributed by atoms with Crippen LogP contribution in [0.3, 0.4) is 0 Å². The first-order valence-electron chi connectivity index (χ1n) is 11.6. The van der Waals surface area contributed by atoms with Gasteiger partial charge in [0, 0.05) is 43.2 Å². The fraction of sp³-hybridized carbons (Fsp3) is 0.222. The molecule has 2 aromatic carbocycles. The van der Waals surface area contributed by atoms with Crippen LogP contribution in [0.25, 0.3) is 0 Å². The van der Waals surface area contributed by atoms with Gasteiger partial charge in [-0.1, -0.05) is 12.1 Å². The minimum Gasteiger partial charge on any atom is -0.455 e. The van der Waals surface area contributed by atoms with Gasteiger partial charge in [0.15, 0.2) is 17.3 Å². The van der Waals surface area contributed by atoms with Gasteiger partial charge in [-0.3, -0.25) is 9.69 Å². The van der Waals surface area contributed by atoms with Gasteiger partial charge >= 0.3 is 0 Å². The first kappa shape index (κ1) is 22.4. The van der Waals surface area contributed by atoms with Crippen LogP contribution in [0.15, 0.2) is 71.3 Å². The zero-order chi connectivity index (χ0) is 24.6. The molecule has 1 atom stereocenters. The van der Waals surface area contributed by atoms with Crippen LogP contribution in [0.1, 0.15) is 39.2 Å². The number of ether oxygens (including phenoxy) is 2. The van der Waals surface area contributed by atoms with E-state index in [2.05, 4.69) is 14.8 Å². The molecule has 6 rings (SSSR count). The lowest BCUT2D eigenvalue weighted by Crippen LogP contribution is -2.38. The molecule has 0 radical (unpaired) electrons. The van der Waals surface area contributed by atoms with Crippen molar-refractivity contribution >= 4 is 5.91 Å². The number of carbonyl (C=O) groups is 1. The molecule has 0 bridgehead atoms. The lowest BCUT2D eigenvalue weighted by atomic mass is 9.99. The minimum absolute atomic E-state index is 0.190. The Morgan fingerprint density at radius 1 is 1.00 bits per heavy atom. The molecule has 2 aliphatic heterocycles. The molecule has 0 aliphatic carbocycles. The highest BCUT2D eigenvalue weighted by atomic mass is 19.1. The van der Waals surface area contributed by atoms with Crippen molar-refractivity contribution in [3.63, 3.8) is 0 Å². The smallest absolute Gasteiger partial charge is 0.287 e. The van der Waals surface area contributed by atoms with Crippen LogP contribution < -0.4 is 14.8 Å². The largest absolute Gasteiger partial charge is 0.455 e. The number of amides is 1. The summed E-state index contributed by atoms with van der Waals surface area (Å²) in [5.41, 5.74) is 2.18. The minimum atomic E-state index is -0.614. The van der Waals surface area contributed by atoms with Gasteiger partial charge in [0.25, 0.3) is 5.91 Å².